The van der Waals surface area contributed by atoms with Crippen LogP contribution in [0.3, 0.4) is 0 Å². The Morgan fingerprint density at radius 2 is 2.10 bits per heavy atom. The van der Waals surface area contributed by atoms with Gasteiger partial charge in [-0.05, 0) is 64.3 Å². The van der Waals surface area contributed by atoms with Crippen LogP contribution in [0.25, 0.3) is 0 Å². The minimum absolute atomic E-state index is 0.0312. The van der Waals surface area contributed by atoms with Gasteiger partial charge in [-0.15, -0.1) is 0 Å². The summed E-state index contributed by atoms with van der Waals surface area (Å²) in [5, 5.41) is 6.47. The molecule has 1 heterocycles. The van der Waals surface area contributed by atoms with E-state index in [0.717, 1.165) is 19.3 Å². The normalized spacial score (nSPS) is 28.2. The van der Waals surface area contributed by atoms with E-state index in [0.29, 0.717) is 35.5 Å². The zero-order valence-electron chi connectivity index (χ0n) is 17.3. The predicted molar refractivity (Wildman–Crippen MR) is 111 cm³/mol. The number of imide groups is 1. The third-order valence-corrected chi connectivity index (χ3v) is 7.43. The molecule has 2 saturated carbocycles. The second-order valence-electron chi connectivity index (χ2n) is 8.31. The number of hydrogen-bond donors (Lipinski definition) is 3. The monoisotopic (exact) mass is 424 g/mol. The zero-order valence-corrected chi connectivity index (χ0v) is 18.2. The number of primary amides is 1. The maximum Gasteiger partial charge on any atom is 0.260 e. The number of ether oxygens (including phenoxy) is 1. The number of amides is 3. The minimum Gasteiger partial charge on any atom is -0.475 e. The summed E-state index contributed by atoms with van der Waals surface area (Å²) < 4.78 is 6.04. The van der Waals surface area contributed by atoms with E-state index in [1.165, 1.54) is 29.5 Å². The summed E-state index contributed by atoms with van der Waals surface area (Å²) in [5.41, 5.74) is 5.51. The molecular weight excluding hydrogens is 392 g/mol. The Bertz CT molecular complexity index is 671. The number of thioether (sulfide) groups is 1. The molecule has 0 aromatic heterocycles. The first-order valence-electron chi connectivity index (χ1n) is 10.5. The smallest absolute Gasteiger partial charge is 0.260 e. The lowest BCUT2D eigenvalue weighted by Gasteiger charge is -2.38. The lowest BCUT2D eigenvalue weighted by molar-refractivity contribution is -0.142. The van der Waals surface area contributed by atoms with Crippen molar-refractivity contribution < 1.29 is 19.1 Å². The van der Waals surface area contributed by atoms with E-state index in [1.807, 2.05) is 13.8 Å². The Labute approximate surface area is 176 Å². The number of carbonyl (C=O) groups is 3. The van der Waals surface area contributed by atoms with Gasteiger partial charge < -0.3 is 21.1 Å². The average Bonchev–Trinajstić information content (AvgIpc) is 3.41. The van der Waals surface area contributed by atoms with Gasteiger partial charge in [0.2, 0.25) is 18.2 Å². The van der Waals surface area contributed by atoms with Crippen LogP contribution in [0.15, 0.2) is 10.8 Å². The molecule has 3 atom stereocenters. The van der Waals surface area contributed by atoms with Crippen molar-refractivity contribution in [2.75, 3.05) is 7.05 Å². The molecule has 4 N–H and O–H groups in total. The van der Waals surface area contributed by atoms with Gasteiger partial charge in [-0.3, -0.25) is 19.3 Å². The van der Waals surface area contributed by atoms with Gasteiger partial charge in [-0.2, -0.15) is 0 Å². The van der Waals surface area contributed by atoms with E-state index in [-0.39, 0.29) is 29.5 Å². The van der Waals surface area contributed by atoms with E-state index < -0.39 is 5.91 Å². The van der Waals surface area contributed by atoms with E-state index in [9.17, 15) is 14.4 Å². The molecule has 3 aliphatic rings. The molecule has 3 amide bonds. The predicted octanol–water partition coefficient (Wildman–Crippen LogP) is 1.27. The third kappa shape index (κ3) is 5.06. The van der Waals surface area contributed by atoms with Crippen LogP contribution in [0.2, 0.25) is 0 Å². The molecule has 0 aromatic carbocycles. The van der Waals surface area contributed by atoms with Crippen LogP contribution in [0, 0.1) is 11.8 Å². The van der Waals surface area contributed by atoms with Gasteiger partial charge in [-0.25, -0.2) is 0 Å². The Morgan fingerprint density at radius 1 is 1.41 bits per heavy atom. The second-order valence-corrected chi connectivity index (χ2v) is 9.46. The highest BCUT2D eigenvalue weighted by Crippen LogP contribution is 2.45. The summed E-state index contributed by atoms with van der Waals surface area (Å²) >= 11 is 1.48. The lowest BCUT2D eigenvalue weighted by atomic mass is 9.78. The maximum absolute atomic E-state index is 12.5. The van der Waals surface area contributed by atoms with Crippen molar-refractivity contribution in [3.8, 4) is 0 Å². The molecule has 3 rings (SSSR count). The molecule has 0 aromatic rings. The molecule has 0 saturated heterocycles. The zero-order chi connectivity index (χ0) is 21.1. The van der Waals surface area contributed by atoms with Crippen molar-refractivity contribution in [3.05, 3.63) is 10.8 Å². The summed E-state index contributed by atoms with van der Waals surface area (Å²) in [7, 11) is 1.73. The van der Waals surface area contributed by atoms with E-state index >= 15 is 0 Å². The number of rotatable bonds is 11. The third-order valence-electron chi connectivity index (χ3n) is 6.05. The van der Waals surface area contributed by atoms with Crippen LogP contribution in [0.1, 0.15) is 52.4 Å². The summed E-state index contributed by atoms with van der Waals surface area (Å²) in [6, 6.07) is -0.502. The van der Waals surface area contributed by atoms with Crippen LogP contribution < -0.4 is 16.4 Å². The fourth-order valence-electron chi connectivity index (χ4n) is 4.06. The summed E-state index contributed by atoms with van der Waals surface area (Å²) in [6.45, 7) is 3.82. The Kier molecular flexibility index (Phi) is 7.10. The average molecular weight is 425 g/mol. The molecule has 2 fully saturated rings. The Balaban J connectivity index is 1.48. The molecule has 0 spiro atoms. The van der Waals surface area contributed by atoms with Gasteiger partial charge in [0, 0.05) is 6.04 Å². The first kappa shape index (κ1) is 22.0. The van der Waals surface area contributed by atoms with E-state index in [4.69, 9.17) is 10.5 Å². The van der Waals surface area contributed by atoms with Crippen molar-refractivity contribution in [1.29, 1.82) is 0 Å². The first-order chi connectivity index (χ1) is 13.9. The summed E-state index contributed by atoms with van der Waals surface area (Å²) in [4.78, 5) is 37.5. The molecule has 2 aliphatic carbocycles. The van der Waals surface area contributed by atoms with Crippen LogP contribution in [-0.4, -0.2) is 53.7 Å². The van der Waals surface area contributed by atoms with Gasteiger partial charge >= 0.3 is 0 Å². The molecular formula is C20H32N4O4S. The van der Waals surface area contributed by atoms with Gasteiger partial charge in [0.05, 0.1) is 11.4 Å². The highest BCUT2D eigenvalue weighted by molar-refractivity contribution is 8.04. The number of carbonyl (C=O) groups excluding carboxylic acids is 3. The maximum atomic E-state index is 12.5. The first-order valence-corrected chi connectivity index (χ1v) is 11.3. The highest BCUT2D eigenvalue weighted by atomic mass is 32.2. The Hall–Kier alpha value is -1.74. The largest absolute Gasteiger partial charge is 0.475 e. The second kappa shape index (κ2) is 9.38. The van der Waals surface area contributed by atoms with E-state index in [1.54, 1.807) is 7.05 Å². The quantitative estimate of drug-likeness (QED) is 0.428. The number of hydrogen-bond acceptors (Lipinski definition) is 7. The van der Waals surface area contributed by atoms with Crippen molar-refractivity contribution in [1.82, 2.24) is 15.5 Å². The number of nitrogens with zero attached hydrogens (tertiary/aromatic N) is 1. The van der Waals surface area contributed by atoms with Gasteiger partial charge in [0.25, 0.3) is 5.91 Å². The standard InChI is InChI=1S/C20H32N4O4S/c1-4-15(22-3)20(27)24(10-25)11(2)7-12-8-14(9-12)28-18-16(17(21)26)29-19(23-18)13-5-6-13/h10-15,19,22-23H,4-9H2,1-3H3,(H2,21,26)/t11-,12?,14?,15?,19?/m0/s1. The summed E-state index contributed by atoms with van der Waals surface area (Å²) in [5.74, 6) is 0.868. The SMILES string of the molecule is CCC(NC)C(=O)N(C=O)[C@@H](C)CC1CC(OC2=C(C(N)=O)SC(C3CC3)N2)C1. The molecule has 0 bridgehead atoms. The highest BCUT2D eigenvalue weighted by Gasteiger charge is 2.41. The number of nitrogens with one attached hydrogen (secondary N) is 2. The van der Waals surface area contributed by atoms with Crippen molar-refractivity contribution >= 4 is 30.0 Å². The molecule has 0 radical (unpaired) electrons. The number of nitrogens with two attached hydrogens (primary N) is 1. The Morgan fingerprint density at radius 3 is 2.62 bits per heavy atom. The lowest BCUT2D eigenvalue weighted by Crippen LogP contribution is -2.49. The van der Waals surface area contributed by atoms with Crippen molar-refractivity contribution in [2.24, 2.45) is 17.6 Å². The molecule has 162 valence electrons. The van der Waals surface area contributed by atoms with E-state index in [2.05, 4.69) is 10.6 Å². The minimum atomic E-state index is -0.444. The topological polar surface area (TPSA) is 114 Å². The van der Waals surface area contributed by atoms with Crippen LogP contribution >= 0.6 is 11.8 Å². The number of likely N-dealkylation sites (N-methyl/N-ethyl adjacent to an activating group) is 1. The van der Waals surface area contributed by atoms with Gasteiger partial charge in [0.15, 0.2) is 0 Å². The molecule has 9 heteroatoms. The molecule has 2 unspecified atom stereocenters. The van der Waals surface area contributed by atoms with Crippen LogP contribution in [-0.2, 0) is 19.1 Å². The van der Waals surface area contributed by atoms with Crippen molar-refractivity contribution in [2.45, 2.75) is 75.9 Å². The molecule has 29 heavy (non-hydrogen) atoms. The fourth-order valence-corrected chi connectivity index (χ4v) is 5.27. The molecule has 1 aliphatic heterocycles. The van der Waals surface area contributed by atoms with Crippen LogP contribution in [0.5, 0.6) is 0 Å². The van der Waals surface area contributed by atoms with Gasteiger partial charge in [0.1, 0.15) is 11.0 Å². The fraction of sp³-hybridized carbons (Fsp3) is 0.750. The van der Waals surface area contributed by atoms with Crippen LogP contribution in [0.4, 0.5) is 0 Å². The molecule has 8 nitrogen and oxygen atoms in total. The van der Waals surface area contributed by atoms with Crippen molar-refractivity contribution in [3.63, 3.8) is 0 Å². The summed E-state index contributed by atoms with van der Waals surface area (Å²) in [6.07, 6.45) is 6.08. The van der Waals surface area contributed by atoms with Gasteiger partial charge in [-0.1, -0.05) is 18.7 Å².